The summed E-state index contributed by atoms with van der Waals surface area (Å²) in [7, 11) is 0. The van der Waals surface area contributed by atoms with Crippen LogP contribution in [-0.2, 0) is 15.3 Å². The van der Waals surface area contributed by atoms with Crippen molar-refractivity contribution < 1.29 is 9.53 Å². The molecule has 2 nitrogen and oxygen atoms in total. The molecule has 0 amide bonds. The molecular weight excluding hydrogens is 311 g/mol. The summed E-state index contributed by atoms with van der Waals surface area (Å²) in [4.78, 5) is 10.5. The average molecular weight is 322 g/mol. The van der Waals surface area contributed by atoms with Gasteiger partial charge in [-0.2, -0.15) is 0 Å². The van der Waals surface area contributed by atoms with Crippen LogP contribution in [0.2, 0.25) is 0 Å². The number of hydrogen-bond donors (Lipinski definition) is 0. The minimum atomic E-state index is -0.222. The molecule has 0 aliphatic rings. The molecule has 4 heteroatoms. The summed E-state index contributed by atoms with van der Waals surface area (Å²) in [5, 5.41) is 0. The van der Waals surface area contributed by atoms with Gasteiger partial charge in [0.15, 0.2) is 0 Å². The lowest BCUT2D eigenvalue weighted by Crippen LogP contribution is -1.97. The fourth-order valence-corrected chi connectivity index (χ4v) is 2.27. The van der Waals surface area contributed by atoms with E-state index in [1.165, 1.54) is 16.1 Å². The molecule has 0 saturated carbocycles. The highest BCUT2D eigenvalue weighted by Crippen LogP contribution is 2.14. The van der Waals surface area contributed by atoms with Crippen LogP contribution in [0.4, 0.5) is 0 Å². The quantitative estimate of drug-likeness (QED) is 0.369. The van der Waals surface area contributed by atoms with E-state index in [0.29, 0.717) is 5.94 Å². The summed E-state index contributed by atoms with van der Waals surface area (Å²) in [6, 6.07) is 8.29. The normalized spacial score (nSPS) is 9.86. The molecule has 0 bridgehead atoms. The zero-order valence-electron chi connectivity index (χ0n) is 7.83. The van der Waals surface area contributed by atoms with Crippen molar-refractivity contribution in [3.63, 3.8) is 0 Å². The molecule has 0 unspecified atom stereocenters. The van der Waals surface area contributed by atoms with Crippen molar-refractivity contribution in [2.75, 3.05) is 5.94 Å². The molecule has 1 aromatic rings. The van der Waals surface area contributed by atoms with Crippen molar-refractivity contribution in [1.82, 2.24) is 0 Å². The standard InChI is InChI=1S/C10H11IO2S/c1-8(12)13-7-14-6-9-3-2-4-10(11)5-9/h2-5H,6-7H2,1H3. The van der Waals surface area contributed by atoms with Crippen molar-refractivity contribution in [1.29, 1.82) is 0 Å². The summed E-state index contributed by atoms with van der Waals surface area (Å²) >= 11 is 3.88. The van der Waals surface area contributed by atoms with Gasteiger partial charge in [0.1, 0.15) is 5.94 Å². The van der Waals surface area contributed by atoms with Gasteiger partial charge in [-0.3, -0.25) is 4.79 Å². The Balaban J connectivity index is 2.28. The summed E-state index contributed by atoms with van der Waals surface area (Å²) in [6.45, 7) is 1.42. The molecule has 0 N–H and O–H groups in total. The number of esters is 1. The Kier molecular flexibility index (Phi) is 5.32. The maximum atomic E-state index is 10.5. The lowest BCUT2D eigenvalue weighted by atomic mass is 10.2. The van der Waals surface area contributed by atoms with E-state index in [1.807, 2.05) is 6.07 Å². The first-order chi connectivity index (χ1) is 6.68. The Bertz CT molecular complexity index is 315. The number of carbonyl (C=O) groups excluding carboxylic acids is 1. The molecule has 1 rings (SSSR count). The fourth-order valence-electron chi connectivity index (χ4n) is 0.911. The van der Waals surface area contributed by atoms with Crippen LogP contribution in [-0.4, -0.2) is 11.9 Å². The van der Waals surface area contributed by atoms with Crippen LogP contribution in [0.1, 0.15) is 12.5 Å². The number of halogens is 1. The van der Waals surface area contributed by atoms with E-state index in [4.69, 9.17) is 4.74 Å². The van der Waals surface area contributed by atoms with Gasteiger partial charge in [0.25, 0.3) is 0 Å². The Morgan fingerprint density at radius 2 is 2.36 bits per heavy atom. The van der Waals surface area contributed by atoms with E-state index in [9.17, 15) is 4.79 Å². The maximum absolute atomic E-state index is 10.5. The molecular formula is C10H11IO2S. The van der Waals surface area contributed by atoms with E-state index in [-0.39, 0.29) is 5.97 Å². The SMILES string of the molecule is CC(=O)OCSCc1cccc(I)c1. The first-order valence-corrected chi connectivity index (χ1v) is 6.37. The zero-order chi connectivity index (χ0) is 10.4. The number of thioether (sulfide) groups is 1. The van der Waals surface area contributed by atoms with Gasteiger partial charge in [0, 0.05) is 16.2 Å². The van der Waals surface area contributed by atoms with Gasteiger partial charge in [0.2, 0.25) is 0 Å². The summed E-state index contributed by atoms with van der Waals surface area (Å²) in [5.74, 6) is 1.09. The number of rotatable bonds is 4. The van der Waals surface area contributed by atoms with Crippen LogP contribution in [0.3, 0.4) is 0 Å². The van der Waals surface area contributed by atoms with Gasteiger partial charge in [-0.15, -0.1) is 11.8 Å². The molecule has 0 aromatic heterocycles. The summed E-state index contributed by atoms with van der Waals surface area (Å²) in [5.41, 5.74) is 1.26. The molecule has 1 aromatic carbocycles. The molecule has 0 spiro atoms. The minimum absolute atomic E-state index is 0.222. The second-order valence-electron chi connectivity index (χ2n) is 2.73. The number of ether oxygens (including phenoxy) is 1. The molecule has 14 heavy (non-hydrogen) atoms. The molecule has 0 saturated heterocycles. The van der Waals surface area contributed by atoms with Crippen LogP contribution in [0.25, 0.3) is 0 Å². The van der Waals surface area contributed by atoms with E-state index in [1.54, 1.807) is 11.8 Å². The van der Waals surface area contributed by atoms with Gasteiger partial charge in [-0.25, -0.2) is 0 Å². The van der Waals surface area contributed by atoms with E-state index >= 15 is 0 Å². The fraction of sp³-hybridized carbons (Fsp3) is 0.300. The second kappa shape index (κ2) is 6.29. The Morgan fingerprint density at radius 3 is 3.00 bits per heavy atom. The highest BCUT2D eigenvalue weighted by molar-refractivity contribution is 14.1. The molecule has 0 fully saturated rings. The monoisotopic (exact) mass is 322 g/mol. The topological polar surface area (TPSA) is 26.3 Å². The van der Waals surface area contributed by atoms with Crippen LogP contribution in [0, 0.1) is 3.57 Å². The number of carbonyl (C=O) groups is 1. The number of benzene rings is 1. The molecule has 0 aliphatic carbocycles. The van der Waals surface area contributed by atoms with Gasteiger partial charge in [-0.05, 0) is 40.3 Å². The van der Waals surface area contributed by atoms with Crippen LogP contribution in [0.15, 0.2) is 24.3 Å². The van der Waals surface area contributed by atoms with Crippen LogP contribution >= 0.6 is 34.4 Å². The molecule has 0 radical (unpaired) electrons. The molecule has 0 heterocycles. The summed E-state index contributed by atoms with van der Waals surface area (Å²) in [6.07, 6.45) is 0. The Morgan fingerprint density at radius 1 is 1.57 bits per heavy atom. The van der Waals surface area contributed by atoms with Gasteiger partial charge in [-0.1, -0.05) is 12.1 Å². The molecule has 76 valence electrons. The third-order valence-electron chi connectivity index (χ3n) is 1.50. The van der Waals surface area contributed by atoms with Crippen LogP contribution in [0.5, 0.6) is 0 Å². The van der Waals surface area contributed by atoms with Gasteiger partial charge >= 0.3 is 5.97 Å². The van der Waals surface area contributed by atoms with Crippen molar-refractivity contribution in [2.24, 2.45) is 0 Å². The zero-order valence-corrected chi connectivity index (χ0v) is 10.8. The third-order valence-corrected chi connectivity index (χ3v) is 3.00. The highest BCUT2D eigenvalue weighted by Gasteiger charge is 1.96. The average Bonchev–Trinajstić information content (AvgIpc) is 2.12. The van der Waals surface area contributed by atoms with Crippen molar-refractivity contribution in [3.8, 4) is 0 Å². The minimum Gasteiger partial charge on any atom is -0.455 e. The van der Waals surface area contributed by atoms with Gasteiger partial charge < -0.3 is 4.74 Å². The summed E-state index contributed by atoms with van der Waals surface area (Å²) < 4.78 is 6.05. The second-order valence-corrected chi connectivity index (χ2v) is 4.91. The predicted octanol–water partition coefficient (Wildman–Crippen LogP) is 3.05. The maximum Gasteiger partial charge on any atom is 0.303 e. The Labute approximate surface area is 102 Å². The van der Waals surface area contributed by atoms with Gasteiger partial charge in [0.05, 0.1) is 0 Å². The molecule has 0 aliphatic heterocycles. The highest BCUT2D eigenvalue weighted by atomic mass is 127. The smallest absolute Gasteiger partial charge is 0.303 e. The first kappa shape index (κ1) is 11.8. The van der Waals surface area contributed by atoms with Crippen molar-refractivity contribution >= 4 is 40.3 Å². The van der Waals surface area contributed by atoms with E-state index < -0.39 is 0 Å². The number of hydrogen-bond acceptors (Lipinski definition) is 3. The third kappa shape index (κ3) is 4.85. The van der Waals surface area contributed by atoms with E-state index in [0.717, 1.165) is 5.75 Å². The lowest BCUT2D eigenvalue weighted by molar-refractivity contribution is -0.138. The largest absolute Gasteiger partial charge is 0.455 e. The first-order valence-electron chi connectivity index (χ1n) is 4.14. The molecule has 0 atom stereocenters. The van der Waals surface area contributed by atoms with Crippen molar-refractivity contribution in [2.45, 2.75) is 12.7 Å². The predicted molar refractivity (Wildman–Crippen MR) is 67.1 cm³/mol. The lowest BCUT2D eigenvalue weighted by Gasteiger charge is -2.02. The van der Waals surface area contributed by atoms with Crippen molar-refractivity contribution in [3.05, 3.63) is 33.4 Å². The Hall–Kier alpha value is -0.230. The van der Waals surface area contributed by atoms with E-state index in [2.05, 4.69) is 40.8 Å². The van der Waals surface area contributed by atoms with Crippen LogP contribution < -0.4 is 0 Å².